The number of hydrogen-bond acceptors (Lipinski definition) is 4. The number of nitrogens with zero attached hydrogens (tertiary/aromatic N) is 2. The quantitative estimate of drug-likeness (QED) is 0.838. The van der Waals surface area contributed by atoms with Gasteiger partial charge < -0.3 is 10.1 Å². The average molecular weight is 411 g/mol. The number of pyridine rings is 1. The molecular formula is C23H26FN3O3. The summed E-state index contributed by atoms with van der Waals surface area (Å²) in [6, 6.07) is 8.49. The van der Waals surface area contributed by atoms with Crippen LogP contribution in [0, 0.1) is 11.7 Å². The summed E-state index contributed by atoms with van der Waals surface area (Å²) in [5.41, 5.74) is 0.334. The molecule has 7 heteroatoms. The molecule has 4 rings (SSSR count). The molecule has 1 saturated heterocycles. The van der Waals surface area contributed by atoms with Crippen molar-refractivity contribution in [2.75, 3.05) is 6.61 Å². The summed E-state index contributed by atoms with van der Waals surface area (Å²) in [4.78, 5) is 32.0. The molecule has 30 heavy (non-hydrogen) atoms. The molecule has 1 atom stereocenters. The molecule has 0 radical (unpaired) electrons. The van der Waals surface area contributed by atoms with Crippen molar-refractivity contribution in [2.24, 2.45) is 5.92 Å². The second-order valence-electron chi connectivity index (χ2n) is 8.21. The van der Waals surface area contributed by atoms with Crippen molar-refractivity contribution in [1.29, 1.82) is 0 Å². The van der Waals surface area contributed by atoms with Gasteiger partial charge >= 0.3 is 0 Å². The fourth-order valence-corrected chi connectivity index (χ4v) is 4.35. The molecule has 1 aliphatic carbocycles. The van der Waals surface area contributed by atoms with Crippen LogP contribution in [-0.2, 0) is 16.1 Å². The van der Waals surface area contributed by atoms with Crippen molar-refractivity contribution in [3.8, 4) is 0 Å². The highest BCUT2D eigenvalue weighted by molar-refractivity contribution is 5.98. The number of carbonyl (C=O) groups is 2. The van der Waals surface area contributed by atoms with Crippen molar-refractivity contribution >= 4 is 11.8 Å². The number of benzene rings is 1. The van der Waals surface area contributed by atoms with Crippen molar-refractivity contribution in [1.82, 2.24) is 15.2 Å². The van der Waals surface area contributed by atoms with E-state index < -0.39 is 17.6 Å². The van der Waals surface area contributed by atoms with Gasteiger partial charge in [0.1, 0.15) is 17.6 Å². The molecule has 2 fully saturated rings. The van der Waals surface area contributed by atoms with Crippen molar-refractivity contribution in [3.63, 3.8) is 0 Å². The zero-order chi connectivity index (χ0) is 21.1. The molecule has 2 aromatic rings. The smallest absolute Gasteiger partial charge is 0.256 e. The topological polar surface area (TPSA) is 71.5 Å². The summed E-state index contributed by atoms with van der Waals surface area (Å²) < 4.78 is 19.9. The minimum Gasteiger partial charge on any atom is -0.353 e. The van der Waals surface area contributed by atoms with Crippen LogP contribution < -0.4 is 5.32 Å². The van der Waals surface area contributed by atoms with Crippen LogP contribution in [0.4, 0.5) is 4.39 Å². The Hall–Kier alpha value is -2.80. The molecule has 0 unspecified atom stereocenters. The largest absolute Gasteiger partial charge is 0.353 e. The highest BCUT2D eigenvalue weighted by atomic mass is 19.1. The Morgan fingerprint density at radius 2 is 1.97 bits per heavy atom. The molecule has 1 N–H and O–H groups in total. The first kappa shape index (κ1) is 20.5. The maximum atomic E-state index is 13.8. The van der Waals surface area contributed by atoms with Gasteiger partial charge in [0.25, 0.3) is 5.91 Å². The molecule has 1 aromatic carbocycles. The zero-order valence-electron chi connectivity index (χ0n) is 17.0. The number of nitrogens with one attached hydrogen (secondary N) is 1. The van der Waals surface area contributed by atoms with E-state index >= 15 is 0 Å². The van der Waals surface area contributed by atoms with Gasteiger partial charge in [0.05, 0.1) is 6.61 Å². The minimum atomic E-state index is -0.811. The van der Waals surface area contributed by atoms with Crippen LogP contribution in [0.1, 0.15) is 48.5 Å². The molecule has 2 heterocycles. The van der Waals surface area contributed by atoms with E-state index in [0.717, 1.165) is 18.4 Å². The number of ether oxygens (including phenoxy) is 1. The van der Waals surface area contributed by atoms with Gasteiger partial charge in [0.2, 0.25) is 5.91 Å². The summed E-state index contributed by atoms with van der Waals surface area (Å²) in [6.07, 6.45) is 6.50. The lowest BCUT2D eigenvalue weighted by Gasteiger charge is -2.43. The summed E-state index contributed by atoms with van der Waals surface area (Å²) in [7, 11) is 0. The molecule has 1 saturated carbocycles. The Bertz CT molecular complexity index is 913. The minimum absolute atomic E-state index is 0.137. The highest BCUT2D eigenvalue weighted by Crippen LogP contribution is 2.43. The number of hydrogen-bond donors (Lipinski definition) is 1. The SMILES string of the molecule is CC1CCC2(CC1)OC[C@@H](C(=O)NCc1ccncc1)N2C(=O)c1cccc(F)c1. The van der Waals surface area contributed by atoms with Crippen LogP contribution in [0.5, 0.6) is 0 Å². The molecule has 6 nitrogen and oxygen atoms in total. The number of rotatable bonds is 4. The van der Waals surface area contributed by atoms with E-state index in [1.807, 2.05) is 12.1 Å². The Morgan fingerprint density at radius 1 is 1.23 bits per heavy atom. The zero-order valence-corrected chi connectivity index (χ0v) is 17.0. The third kappa shape index (κ3) is 4.07. The normalized spacial score (nSPS) is 26.0. The second kappa shape index (κ2) is 8.52. The van der Waals surface area contributed by atoms with Crippen molar-refractivity contribution in [2.45, 2.75) is 50.9 Å². The molecular weight excluding hydrogens is 385 g/mol. The lowest BCUT2D eigenvalue weighted by atomic mass is 9.83. The molecule has 1 spiro atoms. The Labute approximate surface area is 175 Å². The maximum Gasteiger partial charge on any atom is 0.256 e. The molecule has 1 aliphatic heterocycles. The Morgan fingerprint density at radius 3 is 2.67 bits per heavy atom. The van der Waals surface area contributed by atoms with E-state index in [4.69, 9.17) is 4.74 Å². The fraction of sp³-hybridized carbons (Fsp3) is 0.435. The standard InChI is InChI=1S/C23H26FN3O3/c1-16-5-9-23(10-6-16)27(22(29)18-3-2-4-19(24)13-18)20(15-30-23)21(28)26-14-17-7-11-25-12-8-17/h2-4,7-8,11-13,16,20H,5-6,9-10,14-15H2,1H3,(H,26,28)/t16?,20-,23?/m0/s1. The van der Waals surface area contributed by atoms with Gasteiger partial charge in [0, 0.05) is 24.5 Å². The van der Waals surface area contributed by atoms with Gasteiger partial charge in [-0.15, -0.1) is 0 Å². The Kier molecular flexibility index (Phi) is 5.81. The molecule has 0 bridgehead atoms. The van der Waals surface area contributed by atoms with E-state index in [-0.39, 0.29) is 24.0 Å². The predicted octanol–water partition coefficient (Wildman–Crippen LogP) is 3.28. The average Bonchev–Trinajstić information content (AvgIpc) is 3.13. The van der Waals surface area contributed by atoms with E-state index in [1.165, 1.54) is 18.2 Å². The number of aromatic nitrogens is 1. The van der Waals surface area contributed by atoms with Crippen LogP contribution in [0.2, 0.25) is 0 Å². The first-order valence-corrected chi connectivity index (χ1v) is 10.4. The Balaban J connectivity index is 1.58. The van der Waals surface area contributed by atoms with Gasteiger partial charge in [0.15, 0.2) is 0 Å². The fourth-order valence-electron chi connectivity index (χ4n) is 4.35. The van der Waals surface area contributed by atoms with Crippen molar-refractivity contribution in [3.05, 3.63) is 65.7 Å². The predicted molar refractivity (Wildman–Crippen MR) is 109 cm³/mol. The van der Waals surface area contributed by atoms with E-state index in [9.17, 15) is 14.0 Å². The summed E-state index contributed by atoms with van der Waals surface area (Å²) >= 11 is 0. The van der Waals surface area contributed by atoms with E-state index in [2.05, 4.69) is 17.2 Å². The molecule has 1 aromatic heterocycles. The molecule has 158 valence electrons. The van der Waals surface area contributed by atoms with Gasteiger partial charge in [-0.1, -0.05) is 13.0 Å². The number of amides is 2. The van der Waals surface area contributed by atoms with Crippen molar-refractivity contribution < 1.29 is 18.7 Å². The van der Waals surface area contributed by atoms with Gasteiger partial charge in [-0.3, -0.25) is 19.5 Å². The lowest BCUT2D eigenvalue weighted by molar-refractivity contribution is -0.128. The first-order chi connectivity index (χ1) is 14.5. The third-order valence-electron chi connectivity index (χ3n) is 6.13. The van der Waals surface area contributed by atoms with Crippen LogP contribution >= 0.6 is 0 Å². The lowest BCUT2D eigenvalue weighted by Crippen LogP contribution is -2.56. The van der Waals surface area contributed by atoms with Crippen LogP contribution in [0.3, 0.4) is 0 Å². The van der Waals surface area contributed by atoms with Crippen LogP contribution in [-0.4, -0.2) is 40.1 Å². The van der Waals surface area contributed by atoms with Gasteiger partial charge in [-0.05, 0) is 67.5 Å². The van der Waals surface area contributed by atoms with Crippen LogP contribution in [0.15, 0.2) is 48.8 Å². The number of carbonyl (C=O) groups excluding carboxylic acids is 2. The maximum absolute atomic E-state index is 13.8. The first-order valence-electron chi connectivity index (χ1n) is 10.4. The van der Waals surface area contributed by atoms with Gasteiger partial charge in [-0.2, -0.15) is 0 Å². The van der Waals surface area contributed by atoms with Gasteiger partial charge in [-0.25, -0.2) is 4.39 Å². The summed E-state index contributed by atoms with van der Waals surface area (Å²) in [5, 5.41) is 2.90. The molecule has 2 aliphatic rings. The van der Waals surface area contributed by atoms with E-state index in [1.54, 1.807) is 23.4 Å². The monoisotopic (exact) mass is 411 g/mol. The summed E-state index contributed by atoms with van der Waals surface area (Å²) in [5.74, 6) is -0.575. The molecule has 2 amide bonds. The summed E-state index contributed by atoms with van der Waals surface area (Å²) in [6.45, 7) is 2.65. The third-order valence-corrected chi connectivity index (χ3v) is 6.13. The van der Waals surface area contributed by atoms with Crippen LogP contribution in [0.25, 0.3) is 0 Å². The van der Waals surface area contributed by atoms with E-state index in [0.29, 0.717) is 25.3 Å². The highest BCUT2D eigenvalue weighted by Gasteiger charge is 2.53. The second-order valence-corrected chi connectivity index (χ2v) is 8.21. The number of halogens is 1.